The summed E-state index contributed by atoms with van der Waals surface area (Å²) in [7, 11) is 1.93. The lowest BCUT2D eigenvalue weighted by Crippen LogP contribution is -2.32. The third-order valence-corrected chi connectivity index (χ3v) is 5.04. The highest BCUT2D eigenvalue weighted by molar-refractivity contribution is 7.10. The molecule has 2 heterocycles. The van der Waals surface area contributed by atoms with Gasteiger partial charge < -0.3 is 5.32 Å². The Bertz CT molecular complexity index is 543. The molecule has 0 aliphatic heterocycles. The Labute approximate surface area is 123 Å². The molecule has 0 amide bonds. The van der Waals surface area contributed by atoms with Gasteiger partial charge >= 0.3 is 0 Å². The van der Waals surface area contributed by atoms with Crippen LogP contribution < -0.4 is 5.32 Å². The number of aromatic nitrogens is 2. The predicted molar refractivity (Wildman–Crippen MR) is 82.0 cm³/mol. The minimum absolute atomic E-state index is 0.133. The molecule has 2 aromatic heterocycles. The number of thiophene rings is 1. The molecule has 0 saturated heterocycles. The Morgan fingerprint density at radius 1 is 1.47 bits per heavy atom. The van der Waals surface area contributed by atoms with Gasteiger partial charge in [0.1, 0.15) is 0 Å². The first-order chi connectivity index (χ1) is 8.92. The van der Waals surface area contributed by atoms with Crippen LogP contribution in [0, 0.1) is 6.92 Å². The Kier molecular flexibility index (Phi) is 4.33. The second kappa shape index (κ2) is 5.65. The quantitative estimate of drug-likeness (QED) is 0.915. The highest BCUT2D eigenvalue weighted by Crippen LogP contribution is 2.27. The molecule has 0 atom stereocenters. The van der Waals surface area contributed by atoms with E-state index in [2.05, 4.69) is 41.8 Å². The highest BCUT2D eigenvalue weighted by atomic mass is 35.5. The molecule has 19 heavy (non-hydrogen) atoms. The van der Waals surface area contributed by atoms with E-state index in [-0.39, 0.29) is 5.41 Å². The van der Waals surface area contributed by atoms with Gasteiger partial charge in [0.05, 0.1) is 16.4 Å². The Morgan fingerprint density at radius 2 is 2.21 bits per heavy atom. The van der Waals surface area contributed by atoms with E-state index in [1.54, 1.807) is 11.3 Å². The molecule has 2 aromatic rings. The zero-order valence-corrected chi connectivity index (χ0v) is 13.4. The molecule has 2 rings (SSSR count). The molecule has 0 radical (unpaired) electrons. The Hall–Kier alpha value is -0.840. The van der Waals surface area contributed by atoms with E-state index in [9.17, 15) is 0 Å². The second-order valence-corrected chi connectivity index (χ2v) is 6.76. The van der Waals surface area contributed by atoms with E-state index < -0.39 is 0 Å². The number of rotatable bonds is 5. The summed E-state index contributed by atoms with van der Waals surface area (Å²) < 4.78 is 1.85. The van der Waals surface area contributed by atoms with Crippen molar-refractivity contribution in [3.05, 3.63) is 38.8 Å². The van der Waals surface area contributed by atoms with Crippen LogP contribution in [0.2, 0.25) is 5.02 Å². The van der Waals surface area contributed by atoms with Crippen LogP contribution >= 0.6 is 22.9 Å². The van der Waals surface area contributed by atoms with Crippen LogP contribution in [-0.4, -0.2) is 16.3 Å². The average Bonchev–Trinajstić information content (AvgIpc) is 2.94. The molecular weight excluding hydrogens is 278 g/mol. The largest absolute Gasteiger partial charge is 0.310 e. The first kappa shape index (κ1) is 14.6. The van der Waals surface area contributed by atoms with Gasteiger partial charge in [0.25, 0.3) is 0 Å². The van der Waals surface area contributed by atoms with E-state index >= 15 is 0 Å². The van der Waals surface area contributed by atoms with Crippen molar-refractivity contribution in [3.8, 4) is 0 Å². The van der Waals surface area contributed by atoms with E-state index in [1.807, 2.05) is 18.7 Å². The molecule has 0 unspecified atom stereocenters. The molecular formula is C14H20ClN3S. The Morgan fingerprint density at radius 3 is 2.74 bits per heavy atom. The maximum absolute atomic E-state index is 6.24. The summed E-state index contributed by atoms with van der Waals surface area (Å²) in [6.07, 6.45) is 0. The van der Waals surface area contributed by atoms with Crippen molar-refractivity contribution in [2.45, 2.75) is 32.7 Å². The van der Waals surface area contributed by atoms with Crippen LogP contribution in [0.3, 0.4) is 0 Å². The van der Waals surface area contributed by atoms with Crippen LogP contribution in [0.4, 0.5) is 0 Å². The fourth-order valence-electron chi connectivity index (χ4n) is 2.12. The van der Waals surface area contributed by atoms with Gasteiger partial charge in [0, 0.05) is 30.4 Å². The molecule has 5 heteroatoms. The SMILES string of the molecule is Cc1nn(C)c(CNCC(C)(C)c2cccs2)c1Cl. The molecule has 0 fully saturated rings. The van der Waals surface area contributed by atoms with Crippen LogP contribution in [-0.2, 0) is 19.0 Å². The summed E-state index contributed by atoms with van der Waals surface area (Å²) in [5.41, 5.74) is 2.06. The molecule has 0 saturated carbocycles. The van der Waals surface area contributed by atoms with Crippen molar-refractivity contribution in [2.24, 2.45) is 7.05 Å². The van der Waals surface area contributed by atoms with Crippen molar-refractivity contribution in [3.63, 3.8) is 0 Å². The summed E-state index contributed by atoms with van der Waals surface area (Å²) in [6.45, 7) is 8.09. The number of hydrogen-bond acceptors (Lipinski definition) is 3. The minimum Gasteiger partial charge on any atom is -0.310 e. The van der Waals surface area contributed by atoms with Gasteiger partial charge in [-0.15, -0.1) is 11.3 Å². The third-order valence-electron chi connectivity index (χ3n) is 3.31. The molecule has 0 aliphatic carbocycles. The maximum Gasteiger partial charge on any atom is 0.0860 e. The van der Waals surface area contributed by atoms with Crippen molar-refractivity contribution in [2.75, 3.05) is 6.54 Å². The number of aryl methyl sites for hydroxylation is 2. The van der Waals surface area contributed by atoms with Crippen molar-refractivity contribution in [1.29, 1.82) is 0 Å². The molecule has 104 valence electrons. The second-order valence-electron chi connectivity index (χ2n) is 5.43. The van der Waals surface area contributed by atoms with Gasteiger partial charge in [0.15, 0.2) is 0 Å². The van der Waals surface area contributed by atoms with Gasteiger partial charge in [0.2, 0.25) is 0 Å². The minimum atomic E-state index is 0.133. The van der Waals surface area contributed by atoms with E-state index in [4.69, 9.17) is 11.6 Å². The molecule has 3 nitrogen and oxygen atoms in total. The van der Waals surface area contributed by atoms with Crippen LogP contribution in [0.5, 0.6) is 0 Å². The molecule has 0 aromatic carbocycles. The van der Waals surface area contributed by atoms with Crippen LogP contribution in [0.15, 0.2) is 17.5 Å². The summed E-state index contributed by atoms with van der Waals surface area (Å²) in [5.74, 6) is 0. The maximum atomic E-state index is 6.24. The van der Waals surface area contributed by atoms with Gasteiger partial charge in [-0.1, -0.05) is 31.5 Å². The number of halogens is 1. The molecule has 0 aliphatic rings. The lowest BCUT2D eigenvalue weighted by Gasteiger charge is -2.23. The molecule has 1 N–H and O–H groups in total. The topological polar surface area (TPSA) is 29.9 Å². The zero-order valence-electron chi connectivity index (χ0n) is 11.8. The number of nitrogens with one attached hydrogen (secondary N) is 1. The van der Waals surface area contributed by atoms with E-state index in [0.717, 1.165) is 29.5 Å². The van der Waals surface area contributed by atoms with Gasteiger partial charge in [-0.25, -0.2) is 0 Å². The van der Waals surface area contributed by atoms with E-state index in [1.165, 1.54) is 4.88 Å². The van der Waals surface area contributed by atoms with Gasteiger partial charge in [-0.05, 0) is 18.4 Å². The zero-order chi connectivity index (χ0) is 14.0. The lowest BCUT2D eigenvalue weighted by molar-refractivity contribution is 0.469. The molecule has 0 bridgehead atoms. The standard InChI is InChI=1S/C14H20ClN3S/c1-10-13(15)11(18(4)17-10)8-16-9-14(2,3)12-6-5-7-19-12/h5-7,16H,8-9H2,1-4H3. The summed E-state index contributed by atoms with van der Waals surface area (Å²) in [6, 6.07) is 4.29. The average molecular weight is 298 g/mol. The van der Waals surface area contributed by atoms with Crippen molar-refractivity contribution in [1.82, 2.24) is 15.1 Å². The third kappa shape index (κ3) is 3.19. The predicted octanol–water partition coefficient (Wildman–Crippen LogP) is 3.51. The van der Waals surface area contributed by atoms with Gasteiger partial charge in [-0.2, -0.15) is 5.10 Å². The monoisotopic (exact) mass is 297 g/mol. The number of nitrogens with zero attached hydrogens (tertiary/aromatic N) is 2. The van der Waals surface area contributed by atoms with Crippen molar-refractivity contribution >= 4 is 22.9 Å². The fraction of sp³-hybridized carbons (Fsp3) is 0.500. The van der Waals surface area contributed by atoms with Gasteiger partial charge in [-0.3, -0.25) is 4.68 Å². The lowest BCUT2D eigenvalue weighted by atomic mass is 9.91. The molecule has 0 spiro atoms. The van der Waals surface area contributed by atoms with Crippen LogP contribution in [0.1, 0.15) is 30.1 Å². The van der Waals surface area contributed by atoms with Crippen LogP contribution in [0.25, 0.3) is 0 Å². The van der Waals surface area contributed by atoms with Crippen molar-refractivity contribution < 1.29 is 0 Å². The summed E-state index contributed by atoms with van der Waals surface area (Å²) in [4.78, 5) is 1.40. The first-order valence-electron chi connectivity index (χ1n) is 6.34. The smallest absolute Gasteiger partial charge is 0.0860 e. The fourth-order valence-corrected chi connectivity index (χ4v) is 3.20. The first-order valence-corrected chi connectivity index (χ1v) is 7.60. The van der Waals surface area contributed by atoms with E-state index in [0.29, 0.717) is 0 Å². The summed E-state index contributed by atoms with van der Waals surface area (Å²) in [5, 5.41) is 10.7. The number of hydrogen-bond donors (Lipinski definition) is 1. The highest BCUT2D eigenvalue weighted by Gasteiger charge is 2.21. The Balaban J connectivity index is 1.97. The normalized spacial score (nSPS) is 12.1. The summed E-state index contributed by atoms with van der Waals surface area (Å²) >= 11 is 8.05.